The molecule has 1 unspecified atom stereocenters. The fourth-order valence-electron chi connectivity index (χ4n) is 0.585. The molecule has 12 heteroatoms. The molecule has 1 atom stereocenters. The summed E-state index contributed by atoms with van der Waals surface area (Å²) in [6.07, 6.45) is -10.5. The molecule has 0 N–H and O–H groups in total. The zero-order valence-electron chi connectivity index (χ0n) is 7.30. The molecule has 17 heavy (non-hydrogen) atoms. The van der Waals surface area contributed by atoms with Crippen molar-refractivity contribution in [2.75, 3.05) is 6.86 Å². The van der Waals surface area contributed by atoms with Crippen molar-refractivity contribution in [1.29, 1.82) is 0 Å². The van der Waals surface area contributed by atoms with Gasteiger partial charge in [0.15, 0.2) is 0 Å². The molecule has 1 aliphatic rings. The number of halogens is 7. The van der Waals surface area contributed by atoms with E-state index in [1.54, 1.807) is 0 Å². The fraction of sp³-hybridized carbons (Fsp3) is 0.800. The zero-order valence-corrected chi connectivity index (χ0v) is 9.94. The first-order chi connectivity index (χ1) is 7.62. The maximum absolute atomic E-state index is 13.1. The van der Waals surface area contributed by atoms with Crippen LogP contribution in [-0.2, 0) is 19.3 Å². The van der Waals surface area contributed by atoms with Gasteiger partial charge < -0.3 is 0 Å². The Bertz CT molecular complexity index is 323. The summed E-state index contributed by atoms with van der Waals surface area (Å²) >= 11 is 0. The van der Waals surface area contributed by atoms with E-state index >= 15 is 0 Å². The van der Waals surface area contributed by atoms with Crippen LogP contribution in [0.25, 0.3) is 0 Å². The van der Waals surface area contributed by atoms with Gasteiger partial charge in [-0.1, -0.05) is 0 Å². The Morgan fingerprint density at radius 1 is 1.29 bits per heavy atom. The molecule has 105 valence electrons. The average molecular weight is 510 g/mol. The van der Waals surface area contributed by atoms with Crippen LogP contribution in [-0.4, -0.2) is 32.2 Å². The third kappa shape index (κ3) is 2.67. The SMILES string of the molecule is FCOC(F)(F)OC(F)(F)C1(F)[O][Cf]=[C](F)O1. The summed E-state index contributed by atoms with van der Waals surface area (Å²) < 4.78 is 93.1. The molecule has 0 aromatic heterocycles. The van der Waals surface area contributed by atoms with Crippen molar-refractivity contribution in [3.05, 3.63) is 0 Å². The van der Waals surface area contributed by atoms with Crippen LogP contribution < -0.4 is 0 Å². The first-order valence-corrected chi connectivity index (χ1v) is 5.84. The Morgan fingerprint density at radius 3 is 2.29 bits per heavy atom. The maximum atomic E-state index is 13.1. The van der Waals surface area contributed by atoms with Crippen LogP contribution in [0.15, 0.2) is 0 Å². The molecule has 0 radical (unpaired) electrons. The normalized spacial score (nSPS) is 25.7. The summed E-state index contributed by atoms with van der Waals surface area (Å²) in [5.41, 5.74) is 0. The van der Waals surface area contributed by atoms with E-state index in [-0.39, 0.29) is 0 Å². The Labute approximate surface area is 83.5 Å². The van der Waals surface area contributed by atoms with E-state index in [1.165, 1.54) is 0 Å². The fourth-order valence-corrected chi connectivity index (χ4v) is 2.02. The molecule has 0 saturated heterocycles. The van der Waals surface area contributed by atoms with Gasteiger partial charge in [0, 0.05) is 0 Å². The molecule has 0 aromatic rings. The Morgan fingerprint density at radius 2 is 1.88 bits per heavy atom. The van der Waals surface area contributed by atoms with E-state index in [0.29, 0.717) is 0 Å². The summed E-state index contributed by atoms with van der Waals surface area (Å²) in [7, 11) is 0. The standard InChI is InChI=1S/C5H2F7O4.Cf/c6-1-14-4(10,13)3(8,9)16-5(11,12)15-2-7;/h2H2;/q-1;+1. The number of hydrogen-bond acceptors (Lipinski definition) is 4. The van der Waals surface area contributed by atoms with Crippen molar-refractivity contribution >= 4 is 6.86 Å². The molecular formula is C5H2CfF7O4. The van der Waals surface area contributed by atoms with Gasteiger partial charge in [-0.05, 0) is 0 Å². The number of alkyl halides is 6. The summed E-state index contributed by atoms with van der Waals surface area (Å²) in [6, 6.07) is -4.52. The van der Waals surface area contributed by atoms with Gasteiger partial charge in [-0.2, -0.15) is 0 Å². The van der Waals surface area contributed by atoms with Gasteiger partial charge in [-0.15, -0.1) is 0 Å². The third-order valence-electron chi connectivity index (χ3n) is 1.19. The second-order valence-corrected chi connectivity index (χ2v) is 4.41. The minimum absolute atomic E-state index is 1.65. The third-order valence-corrected chi connectivity index (χ3v) is 2.84. The minimum atomic E-state index is -5.39. The van der Waals surface area contributed by atoms with Gasteiger partial charge in [0.1, 0.15) is 0 Å². The van der Waals surface area contributed by atoms with Crippen molar-refractivity contribution < 1.29 is 50.1 Å². The van der Waals surface area contributed by atoms with Gasteiger partial charge in [0.2, 0.25) is 0 Å². The van der Waals surface area contributed by atoms with Crippen molar-refractivity contribution in [3.63, 3.8) is 0 Å². The van der Waals surface area contributed by atoms with E-state index in [9.17, 15) is 30.7 Å². The number of hydrogen-bond donors (Lipinski definition) is 0. The van der Waals surface area contributed by atoms with E-state index in [2.05, 4.69) is 19.3 Å². The van der Waals surface area contributed by atoms with Crippen LogP contribution in [0, 0.1) is 0 Å². The molecule has 0 spiro atoms. The van der Waals surface area contributed by atoms with Crippen LogP contribution in [0.5, 0.6) is 0 Å². The quantitative estimate of drug-likeness (QED) is 0.418. The van der Waals surface area contributed by atoms with Crippen LogP contribution in [0.3, 0.4) is 0 Å². The molecule has 0 saturated carbocycles. The van der Waals surface area contributed by atoms with Crippen molar-refractivity contribution in [2.24, 2.45) is 0 Å². The van der Waals surface area contributed by atoms with Gasteiger partial charge in [-0.3, -0.25) is 0 Å². The van der Waals surface area contributed by atoms with Crippen molar-refractivity contribution in [3.8, 4) is 0 Å². The predicted octanol–water partition coefficient (Wildman–Crippen LogP) is 1.82. The monoisotopic (exact) mass is 508 g/mol. The van der Waals surface area contributed by atoms with E-state index in [4.69, 9.17) is 0 Å². The molecule has 0 amide bonds. The molecule has 0 aromatic carbocycles. The van der Waals surface area contributed by atoms with E-state index < -0.39 is 32.2 Å². The summed E-state index contributed by atoms with van der Waals surface area (Å²) in [5.74, 6) is 0. The summed E-state index contributed by atoms with van der Waals surface area (Å²) in [4.78, 5) is 0. The molecule has 4 nitrogen and oxygen atoms in total. The second kappa shape index (κ2) is 3.91. The van der Waals surface area contributed by atoms with Crippen molar-refractivity contribution in [1.82, 2.24) is 0 Å². The van der Waals surface area contributed by atoms with Crippen LogP contribution >= 0.6 is 0 Å². The predicted molar refractivity (Wildman–Crippen MR) is 30.2 cm³/mol. The van der Waals surface area contributed by atoms with E-state index in [0.717, 1.165) is 0 Å². The molecule has 0 bridgehead atoms. The van der Waals surface area contributed by atoms with Crippen LogP contribution in [0.4, 0.5) is 30.7 Å². The number of rotatable bonds is 5. The average Bonchev–Trinajstić information content (AvgIpc) is 2.45. The van der Waals surface area contributed by atoms with Crippen LogP contribution in [0.2, 0.25) is 0 Å². The molecule has 0 aliphatic carbocycles. The van der Waals surface area contributed by atoms with E-state index in [1.807, 2.05) is 0 Å². The van der Waals surface area contributed by atoms with Gasteiger partial charge >= 0.3 is 82.2 Å². The molecular weight excluding hydrogens is 508 g/mol. The van der Waals surface area contributed by atoms with Crippen LogP contribution in [0.1, 0.15) is 0 Å². The molecule has 1 aliphatic heterocycles. The Balaban J connectivity index is 2.75. The van der Waals surface area contributed by atoms with Crippen molar-refractivity contribution in [2.45, 2.75) is 18.4 Å². The Hall–Kier alpha value is -1.78. The Kier molecular flexibility index (Phi) is 3.05. The zero-order chi connectivity index (χ0) is 13.3. The molecule has 1 heterocycles. The first kappa shape index (κ1) is 13.3. The van der Waals surface area contributed by atoms with Gasteiger partial charge in [-0.25, -0.2) is 0 Å². The van der Waals surface area contributed by atoms with Gasteiger partial charge in [0.25, 0.3) is 0 Å². The first-order valence-electron chi connectivity index (χ1n) is 3.45. The molecule has 1 rings (SSSR count). The second-order valence-electron chi connectivity index (χ2n) is 2.30. The summed E-state index contributed by atoms with van der Waals surface area (Å²) in [5, 5.41) is 3.63. The number of ether oxygens (including phenoxy) is 3. The van der Waals surface area contributed by atoms with Gasteiger partial charge in [0.05, 0.1) is 0 Å². The molecule has 0 fully saturated rings. The summed E-state index contributed by atoms with van der Waals surface area (Å²) in [6.45, 7) is -3.82. The topological polar surface area (TPSA) is 36.9 Å².